The Morgan fingerprint density at radius 2 is 2.03 bits per heavy atom. The van der Waals surface area contributed by atoms with Crippen LogP contribution in [0.1, 0.15) is 18.5 Å². The van der Waals surface area contributed by atoms with Crippen LogP contribution in [0.3, 0.4) is 0 Å². The van der Waals surface area contributed by atoms with E-state index in [0.29, 0.717) is 6.54 Å². The zero-order valence-electron chi connectivity index (χ0n) is 18.6. The molecule has 9 heteroatoms. The molecular weight excluding hydrogens is 418 g/mol. The number of carbonyl (C=O) groups is 2. The number of likely N-dealkylation sites (tertiary alicyclic amines) is 1. The van der Waals surface area contributed by atoms with Crippen LogP contribution in [0.5, 0.6) is 0 Å². The minimum absolute atomic E-state index is 0.0764. The quantitative estimate of drug-likeness (QED) is 0.363. The predicted molar refractivity (Wildman–Crippen MR) is 126 cm³/mol. The lowest BCUT2D eigenvalue weighted by Gasteiger charge is -2.10. The first-order valence-corrected chi connectivity index (χ1v) is 10.9. The summed E-state index contributed by atoms with van der Waals surface area (Å²) in [5.41, 5.74) is 4.92. The van der Waals surface area contributed by atoms with Crippen LogP contribution in [0, 0.1) is 0 Å². The maximum absolute atomic E-state index is 10.8. The molecule has 0 spiro atoms. The Bertz CT molecular complexity index is 1270. The molecule has 0 unspecified atom stereocenters. The lowest BCUT2D eigenvalue weighted by atomic mass is 10.1. The first kappa shape index (κ1) is 22.2. The Labute approximate surface area is 191 Å². The van der Waals surface area contributed by atoms with E-state index in [1.807, 2.05) is 29.3 Å². The van der Waals surface area contributed by atoms with Crippen LogP contribution in [-0.2, 0) is 16.0 Å². The highest BCUT2D eigenvalue weighted by Crippen LogP contribution is 2.30. The van der Waals surface area contributed by atoms with Gasteiger partial charge in [-0.1, -0.05) is 6.58 Å². The number of pyridine rings is 1. The summed E-state index contributed by atoms with van der Waals surface area (Å²) in [6, 6.07) is 7.97. The van der Waals surface area contributed by atoms with Crippen LogP contribution >= 0.6 is 0 Å². The number of rotatable bonds is 6. The largest absolute Gasteiger partial charge is 0.348 e. The van der Waals surface area contributed by atoms with Gasteiger partial charge < -0.3 is 14.8 Å². The molecule has 1 saturated heterocycles. The number of aromatic amines is 1. The first-order valence-electron chi connectivity index (χ1n) is 10.9. The van der Waals surface area contributed by atoms with Gasteiger partial charge >= 0.3 is 0 Å². The summed E-state index contributed by atoms with van der Waals surface area (Å²) in [6.07, 6.45) is 10.6. The number of H-pyrrole nitrogens is 1. The van der Waals surface area contributed by atoms with Crippen molar-refractivity contribution in [3.05, 3.63) is 61.2 Å². The summed E-state index contributed by atoms with van der Waals surface area (Å²) in [5, 5.41) is 9.56. The second kappa shape index (κ2) is 10.1. The van der Waals surface area contributed by atoms with E-state index in [2.05, 4.69) is 32.8 Å². The summed E-state index contributed by atoms with van der Waals surface area (Å²) >= 11 is 0. The van der Waals surface area contributed by atoms with Crippen molar-refractivity contribution >= 4 is 28.9 Å². The maximum Gasteiger partial charge on any atom is 0.245 e. The Kier molecular flexibility index (Phi) is 6.77. The predicted octanol–water partition coefficient (Wildman–Crippen LogP) is 2.70. The van der Waals surface area contributed by atoms with Crippen LogP contribution in [0.15, 0.2) is 55.5 Å². The number of amides is 2. The summed E-state index contributed by atoms with van der Waals surface area (Å²) < 4.78 is 1.62. The van der Waals surface area contributed by atoms with Crippen molar-refractivity contribution in [1.82, 2.24) is 34.6 Å². The first-order chi connectivity index (χ1) is 16.1. The molecule has 1 aliphatic rings. The van der Waals surface area contributed by atoms with Gasteiger partial charge in [-0.05, 0) is 48.7 Å². The minimum Gasteiger partial charge on any atom is -0.348 e. The van der Waals surface area contributed by atoms with E-state index in [1.54, 1.807) is 29.0 Å². The summed E-state index contributed by atoms with van der Waals surface area (Å²) in [7, 11) is 1.77. The molecule has 1 aliphatic heterocycles. The molecule has 0 atom stereocenters. The molecule has 1 fully saturated rings. The summed E-state index contributed by atoms with van der Waals surface area (Å²) in [6.45, 7) is 5.92. The SMILES string of the molecule is C=CC(=O)N1CCCC1.CN(C=O)CCc1cc2c(-c3cnn4ncccc34)ccnc2[nH]1. The van der Waals surface area contributed by atoms with Gasteiger partial charge in [0.25, 0.3) is 0 Å². The highest BCUT2D eigenvalue weighted by atomic mass is 16.2. The van der Waals surface area contributed by atoms with Crippen LogP contribution in [0.4, 0.5) is 0 Å². The second-order valence-electron chi connectivity index (χ2n) is 7.94. The number of likely N-dealkylation sites (N-methyl/N-ethyl adjacent to an activating group) is 1. The van der Waals surface area contributed by atoms with Crippen molar-refractivity contribution in [2.24, 2.45) is 0 Å². The Hall–Kier alpha value is -4.01. The highest BCUT2D eigenvalue weighted by molar-refractivity contribution is 5.97. The lowest BCUT2D eigenvalue weighted by molar-refractivity contribution is -0.125. The number of fused-ring (bicyclic) bond motifs is 2. The van der Waals surface area contributed by atoms with Crippen molar-refractivity contribution in [1.29, 1.82) is 0 Å². The molecule has 0 bridgehead atoms. The molecule has 0 saturated carbocycles. The average molecular weight is 446 g/mol. The van der Waals surface area contributed by atoms with Gasteiger partial charge in [-0.15, -0.1) is 0 Å². The van der Waals surface area contributed by atoms with Gasteiger partial charge in [-0.3, -0.25) is 9.59 Å². The van der Waals surface area contributed by atoms with Crippen LogP contribution in [0.25, 0.3) is 27.7 Å². The fraction of sp³-hybridized carbons (Fsp3) is 0.292. The number of aromatic nitrogens is 5. The fourth-order valence-electron chi connectivity index (χ4n) is 3.91. The molecule has 0 aromatic carbocycles. The molecule has 170 valence electrons. The Morgan fingerprint density at radius 3 is 2.79 bits per heavy atom. The summed E-state index contributed by atoms with van der Waals surface area (Å²) in [4.78, 5) is 32.7. The molecule has 4 aromatic heterocycles. The molecule has 33 heavy (non-hydrogen) atoms. The minimum atomic E-state index is 0.0764. The van der Waals surface area contributed by atoms with Crippen molar-refractivity contribution in [2.75, 3.05) is 26.7 Å². The van der Waals surface area contributed by atoms with Crippen molar-refractivity contribution < 1.29 is 9.59 Å². The zero-order chi connectivity index (χ0) is 23.2. The van der Waals surface area contributed by atoms with E-state index in [4.69, 9.17) is 0 Å². The fourth-order valence-corrected chi connectivity index (χ4v) is 3.91. The third-order valence-electron chi connectivity index (χ3n) is 5.69. The van der Waals surface area contributed by atoms with Gasteiger partial charge in [0.1, 0.15) is 5.65 Å². The summed E-state index contributed by atoms with van der Waals surface area (Å²) in [5.74, 6) is 0.0764. The third-order valence-corrected chi connectivity index (χ3v) is 5.69. The van der Waals surface area contributed by atoms with Crippen molar-refractivity contribution in [2.45, 2.75) is 19.3 Å². The highest BCUT2D eigenvalue weighted by Gasteiger charge is 2.14. The van der Waals surface area contributed by atoms with E-state index in [1.165, 1.54) is 6.08 Å². The standard InChI is InChI=1S/C17H16N6O.C7H11NO/c1-22(11-24)8-5-12-9-14-13(4-7-18-17(14)21-12)15-10-20-23-16(15)3-2-6-19-23;1-2-7(9)8-5-3-4-6-8/h2-4,6-7,9-11H,5,8H2,1H3,(H,18,21);2H,1,3-6H2. The molecule has 9 nitrogen and oxygen atoms in total. The number of nitrogens with one attached hydrogen (secondary N) is 1. The van der Waals surface area contributed by atoms with Gasteiger partial charge in [0.05, 0.1) is 11.7 Å². The normalized spacial score (nSPS) is 13.1. The zero-order valence-corrected chi connectivity index (χ0v) is 18.6. The van der Waals surface area contributed by atoms with Gasteiger partial charge in [0.15, 0.2) is 0 Å². The Morgan fingerprint density at radius 1 is 1.21 bits per heavy atom. The smallest absolute Gasteiger partial charge is 0.245 e. The number of hydrogen-bond acceptors (Lipinski definition) is 5. The number of hydrogen-bond donors (Lipinski definition) is 1. The van der Waals surface area contributed by atoms with Crippen LogP contribution in [-0.4, -0.2) is 73.6 Å². The average Bonchev–Trinajstić information content (AvgIpc) is 3.61. The number of nitrogens with zero attached hydrogens (tertiary/aromatic N) is 6. The molecular formula is C24H27N7O2. The molecule has 4 aromatic rings. The van der Waals surface area contributed by atoms with E-state index < -0.39 is 0 Å². The lowest BCUT2D eigenvalue weighted by Crippen LogP contribution is -2.25. The van der Waals surface area contributed by atoms with E-state index in [0.717, 1.165) is 72.1 Å². The molecule has 0 radical (unpaired) electrons. The van der Waals surface area contributed by atoms with Gasteiger partial charge in [-0.25, -0.2) is 4.98 Å². The van der Waals surface area contributed by atoms with E-state index >= 15 is 0 Å². The van der Waals surface area contributed by atoms with Crippen molar-refractivity contribution in [3.63, 3.8) is 0 Å². The Balaban J connectivity index is 0.000000243. The molecule has 5 heterocycles. The monoisotopic (exact) mass is 445 g/mol. The van der Waals surface area contributed by atoms with Crippen LogP contribution in [0.2, 0.25) is 0 Å². The molecule has 5 rings (SSSR count). The van der Waals surface area contributed by atoms with Gasteiger partial charge in [0, 0.05) is 62.1 Å². The second-order valence-corrected chi connectivity index (χ2v) is 7.94. The molecule has 1 N–H and O–H groups in total. The molecule has 0 aliphatic carbocycles. The van der Waals surface area contributed by atoms with Gasteiger partial charge in [-0.2, -0.15) is 14.8 Å². The van der Waals surface area contributed by atoms with E-state index in [-0.39, 0.29) is 5.91 Å². The van der Waals surface area contributed by atoms with E-state index in [9.17, 15) is 9.59 Å². The number of carbonyl (C=O) groups excluding carboxylic acids is 2. The van der Waals surface area contributed by atoms with Crippen LogP contribution < -0.4 is 0 Å². The third kappa shape index (κ3) is 4.92. The maximum atomic E-state index is 10.8. The van der Waals surface area contributed by atoms with Gasteiger partial charge in [0.2, 0.25) is 12.3 Å². The topological polar surface area (TPSA) is 99.5 Å². The van der Waals surface area contributed by atoms with Crippen molar-refractivity contribution in [3.8, 4) is 11.1 Å². The molecule has 2 amide bonds.